The summed E-state index contributed by atoms with van der Waals surface area (Å²) in [6.45, 7) is 1.51. The van der Waals surface area contributed by atoms with Crippen LogP contribution in [0.1, 0.15) is 6.42 Å². The van der Waals surface area contributed by atoms with E-state index in [1.165, 1.54) is 0 Å². The molecular weight excluding hydrogens is 320 g/mol. The van der Waals surface area contributed by atoms with Crippen LogP contribution in [-0.2, 0) is 9.53 Å². The molecule has 18 heavy (non-hydrogen) atoms. The molecule has 1 aromatic carbocycles. The Kier molecular flexibility index (Phi) is 7.08. The zero-order valence-corrected chi connectivity index (χ0v) is 12.5. The number of hydrogen-bond donors (Lipinski definition) is 2. The van der Waals surface area contributed by atoms with Crippen molar-refractivity contribution in [2.24, 2.45) is 0 Å². The fraction of sp³-hybridized carbons (Fsp3) is 0.417. The van der Waals surface area contributed by atoms with Crippen LogP contribution in [0.4, 0.5) is 5.69 Å². The molecule has 0 aliphatic heterocycles. The molecule has 0 fully saturated rings. The lowest BCUT2D eigenvalue weighted by atomic mass is 10.3. The standard InChI is InChI=1S/C12H16BrClN2O2/c1-18-6-2-5-15-12(17)8-16-9-3-4-11(14)10(13)7-9/h3-4,7,16H,2,5-6,8H2,1H3,(H,15,17). The van der Waals surface area contributed by atoms with E-state index in [1.807, 2.05) is 12.1 Å². The highest BCUT2D eigenvalue weighted by Crippen LogP contribution is 2.25. The van der Waals surface area contributed by atoms with Gasteiger partial charge >= 0.3 is 0 Å². The molecular formula is C12H16BrClN2O2. The molecule has 0 atom stereocenters. The highest BCUT2D eigenvalue weighted by molar-refractivity contribution is 9.10. The van der Waals surface area contributed by atoms with E-state index in [9.17, 15) is 4.79 Å². The number of benzene rings is 1. The van der Waals surface area contributed by atoms with Gasteiger partial charge in [0.15, 0.2) is 0 Å². The van der Waals surface area contributed by atoms with Crippen LogP contribution >= 0.6 is 27.5 Å². The fourth-order valence-corrected chi connectivity index (χ4v) is 1.79. The first-order chi connectivity index (χ1) is 8.63. The van der Waals surface area contributed by atoms with E-state index >= 15 is 0 Å². The van der Waals surface area contributed by atoms with Crippen LogP contribution in [0.15, 0.2) is 22.7 Å². The Morgan fingerprint density at radius 2 is 2.28 bits per heavy atom. The Morgan fingerprint density at radius 1 is 1.50 bits per heavy atom. The minimum absolute atomic E-state index is 0.0443. The maximum atomic E-state index is 11.5. The average Bonchev–Trinajstić information content (AvgIpc) is 2.36. The van der Waals surface area contributed by atoms with E-state index in [2.05, 4.69) is 26.6 Å². The molecule has 0 spiro atoms. The number of ether oxygens (including phenoxy) is 1. The van der Waals surface area contributed by atoms with E-state index in [1.54, 1.807) is 13.2 Å². The van der Waals surface area contributed by atoms with Crippen molar-refractivity contribution in [2.45, 2.75) is 6.42 Å². The quantitative estimate of drug-likeness (QED) is 0.753. The molecule has 6 heteroatoms. The van der Waals surface area contributed by atoms with Crippen molar-refractivity contribution >= 4 is 39.1 Å². The summed E-state index contributed by atoms with van der Waals surface area (Å²) < 4.78 is 5.69. The summed E-state index contributed by atoms with van der Waals surface area (Å²) in [5, 5.41) is 6.46. The van der Waals surface area contributed by atoms with Crippen LogP contribution < -0.4 is 10.6 Å². The van der Waals surface area contributed by atoms with Crippen LogP contribution in [-0.4, -0.2) is 32.7 Å². The van der Waals surface area contributed by atoms with Crippen molar-refractivity contribution in [1.29, 1.82) is 0 Å². The van der Waals surface area contributed by atoms with E-state index in [0.29, 0.717) is 18.2 Å². The summed E-state index contributed by atoms with van der Waals surface area (Å²) in [7, 11) is 1.64. The van der Waals surface area contributed by atoms with E-state index in [-0.39, 0.29) is 12.5 Å². The first-order valence-electron chi connectivity index (χ1n) is 5.58. The normalized spacial score (nSPS) is 10.2. The molecule has 0 heterocycles. The molecule has 0 bridgehead atoms. The maximum Gasteiger partial charge on any atom is 0.239 e. The van der Waals surface area contributed by atoms with Gasteiger partial charge in [0, 0.05) is 30.4 Å². The third kappa shape index (κ3) is 5.71. The van der Waals surface area contributed by atoms with E-state index in [0.717, 1.165) is 16.6 Å². The van der Waals surface area contributed by atoms with Crippen molar-refractivity contribution in [2.75, 3.05) is 32.1 Å². The highest BCUT2D eigenvalue weighted by Gasteiger charge is 2.02. The van der Waals surface area contributed by atoms with Crippen LogP contribution in [0.5, 0.6) is 0 Å². The van der Waals surface area contributed by atoms with Crippen molar-refractivity contribution in [3.63, 3.8) is 0 Å². The van der Waals surface area contributed by atoms with Gasteiger partial charge in [-0.3, -0.25) is 4.79 Å². The largest absolute Gasteiger partial charge is 0.385 e. The van der Waals surface area contributed by atoms with Crippen molar-refractivity contribution < 1.29 is 9.53 Å². The number of amides is 1. The predicted octanol–water partition coefficient (Wildman–Crippen LogP) is 2.67. The van der Waals surface area contributed by atoms with Gasteiger partial charge in [-0.25, -0.2) is 0 Å². The molecule has 0 saturated carbocycles. The molecule has 0 radical (unpaired) electrons. The lowest BCUT2D eigenvalue weighted by Gasteiger charge is -2.08. The van der Waals surface area contributed by atoms with Gasteiger partial charge in [-0.15, -0.1) is 0 Å². The van der Waals surface area contributed by atoms with Crippen LogP contribution in [0.3, 0.4) is 0 Å². The molecule has 0 aromatic heterocycles. The van der Waals surface area contributed by atoms with Gasteiger partial charge in [0.2, 0.25) is 5.91 Å². The molecule has 1 aromatic rings. The molecule has 0 aliphatic rings. The van der Waals surface area contributed by atoms with E-state index in [4.69, 9.17) is 16.3 Å². The Hall–Kier alpha value is -0.780. The Morgan fingerprint density at radius 3 is 2.94 bits per heavy atom. The zero-order chi connectivity index (χ0) is 13.4. The summed E-state index contributed by atoms with van der Waals surface area (Å²) in [5.74, 6) is -0.0443. The monoisotopic (exact) mass is 334 g/mol. The number of rotatable bonds is 7. The van der Waals surface area contributed by atoms with Gasteiger partial charge in [-0.05, 0) is 40.5 Å². The first kappa shape index (κ1) is 15.3. The minimum atomic E-state index is -0.0443. The molecule has 0 saturated heterocycles. The third-order valence-corrected chi connectivity index (χ3v) is 3.43. The van der Waals surface area contributed by atoms with Gasteiger partial charge in [0.05, 0.1) is 11.6 Å². The second-order valence-corrected chi connectivity index (χ2v) is 4.94. The number of anilines is 1. The second kappa shape index (κ2) is 8.34. The van der Waals surface area contributed by atoms with Gasteiger partial charge in [0.1, 0.15) is 0 Å². The van der Waals surface area contributed by atoms with Crippen molar-refractivity contribution in [1.82, 2.24) is 5.32 Å². The zero-order valence-electron chi connectivity index (χ0n) is 10.1. The number of hydrogen-bond acceptors (Lipinski definition) is 3. The second-order valence-electron chi connectivity index (χ2n) is 3.68. The third-order valence-electron chi connectivity index (χ3n) is 2.22. The molecule has 4 nitrogen and oxygen atoms in total. The summed E-state index contributed by atoms with van der Waals surface area (Å²) in [4.78, 5) is 11.5. The lowest BCUT2D eigenvalue weighted by Crippen LogP contribution is -2.31. The average molecular weight is 336 g/mol. The number of carbonyl (C=O) groups excluding carboxylic acids is 1. The Balaban J connectivity index is 2.27. The van der Waals surface area contributed by atoms with Gasteiger partial charge in [-0.1, -0.05) is 11.6 Å². The van der Waals surface area contributed by atoms with Gasteiger partial charge in [-0.2, -0.15) is 0 Å². The van der Waals surface area contributed by atoms with Crippen LogP contribution in [0.25, 0.3) is 0 Å². The maximum absolute atomic E-state index is 11.5. The molecule has 1 rings (SSSR count). The van der Waals surface area contributed by atoms with Crippen molar-refractivity contribution in [3.05, 3.63) is 27.7 Å². The molecule has 0 unspecified atom stereocenters. The molecule has 1 amide bonds. The molecule has 2 N–H and O–H groups in total. The fourth-order valence-electron chi connectivity index (χ4n) is 1.30. The van der Waals surface area contributed by atoms with E-state index < -0.39 is 0 Å². The Bertz CT molecular complexity index is 402. The Labute approximate surface area is 120 Å². The number of methoxy groups -OCH3 is 1. The summed E-state index contributed by atoms with van der Waals surface area (Å²) in [5.41, 5.74) is 0.846. The molecule has 0 aliphatic carbocycles. The smallest absolute Gasteiger partial charge is 0.239 e. The summed E-state index contributed by atoms with van der Waals surface area (Å²) >= 11 is 9.20. The van der Waals surface area contributed by atoms with Gasteiger partial charge in [0.25, 0.3) is 0 Å². The summed E-state index contributed by atoms with van der Waals surface area (Å²) in [6.07, 6.45) is 0.814. The lowest BCUT2D eigenvalue weighted by molar-refractivity contribution is -0.119. The highest BCUT2D eigenvalue weighted by atomic mass is 79.9. The first-order valence-corrected chi connectivity index (χ1v) is 6.75. The van der Waals surface area contributed by atoms with Gasteiger partial charge < -0.3 is 15.4 Å². The van der Waals surface area contributed by atoms with Crippen molar-refractivity contribution in [3.8, 4) is 0 Å². The molecule has 100 valence electrons. The SMILES string of the molecule is COCCCNC(=O)CNc1ccc(Cl)c(Br)c1. The number of carbonyl (C=O) groups is 1. The minimum Gasteiger partial charge on any atom is -0.385 e. The van der Waals surface area contributed by atoms with Crippen LogP contribution in [0.2, 0.25) is 5.02 Å². The number of halogens is 2. The number of nitrogens with one attached hydrogen (secondary N) is 2. The van der Waals surface area contributed by atoms with Crippen LogP contribution in [0, 0.1) is 0 Å². The predicted molar refractivity (Wildman–Crippen MR) is 77.1 cm³/mol. The topological polar surface area (TPSA) is 50.4 Å². The summed E-state index contributed by atoms with van der Waals surface area (Å²) in [6, 6.07) is 5.43.